The van der Waals surface area contributed by atoms with Gasteiger partial charge in [-0.05, 0) is 47.9 Å². The number of benzene rings is 3. The first-order chi connectivity index (χ1) is 15.1. The number of amides is 1. The molecule has 4 aromatic rings. The maximum atomic E-state index is 12.1. The molecule has 0 bridgehead atoms. The van der Waals surface area contributed by atoms with Gasteiger partial charge in [0.25, 0.3) is 5.91 Å². The first kappa shape index (κ1) is 19.9. The summed E-state index contributed by atoms with van der Waals surface area (Å²) in [5.41, 5.74) is 4.17. The zero-order valence-corrected chi connectivity index (χ0v) is 16.4. The number of carboxylic acid groups (broad SMARTS) is 1. The highest BCUT2D eigenvalue weighted by atomic mass is 16.5. The molecule has 0 unspecified atom stereocenters. The summed E-state index contributed by atoms with van der Waals surface area (Å²) in [6.07, 6.45) is 3.34. The van der Waals surface area contributed by atoms with Gasteiger partial charge in [-0.2, -0.15) is 5.10 Å². The van der Waals surface area contributed by atoms with Crippen molar-refractivity contribution < 1.29 is 19.4 Å². The van der Waals surface area contributed by atoms with Gasteiger partial charge in [-0.3, -0.25) is 4.79 Å². The quantitative estimate of drug-likeness (QED) is 0.355. The number of ether oxygens (including phenoxy) is 1. The summed E-state index contributed by atoms with van der Waals surface area (Å²) in [5, 5.41) is 15.0. The van der Waals surface area contributed by atoms with Crippen molar-refractivity contribution in [3.05, 3.63) is 96.3 Å². The van der Waals surface area contributed by atoms with Gasteiger partial charge in [-0.15, -0.1) is 0 Å². The van der Waals surface area contributed by atoms with Crippen LogP contribution in [0.25, 0.3) is 16.5 Å². The molecule has 154 valence electrons. The number of nitrogens with zero attached hydrogens (tertiary/aromatic N) is 2. The van der Waals surface area contributed by atoms with E-state index in [1.54, 1.807) is 12.1 Å². The summed E-state index contributed by atoms with van der Waals surface area (Å²) in [6, 6.07) is 23.6. The van der Waals surface area contributed by atoms with Crippen LogP contribution in [0.3, 0.4) is 0 Å². The number of fused-ring (bicyclic) bond motifs is 1. The number of hydrogen-bond donors (Lipinski definition) is 2. The Morgan fingerprint density at radius 1 is 0.968 bits per heavy atom. The molecule has 1 amide bonds. The second-order valence-corrected chi connectivity index (χ2v) is 6.71. The molecule has 0 fully saturated rings. The SMILES string of the molecule is O=C(COc1cccc2ccccc12)N/N=C\c1cccn1-c1ccc(C(=O)O)cc1. The fraction of sp³-hybridized carbons (Fsp3) is 0.0417. The maximum Gasteiger partial charge on any atom is 0.335 e. The van der Waals surface area contributed by atoms with Crippen molar-refractivity contribution in [3.63, 3.8) is 0 Å². The summed E-state index contributed by atoms with van der Waals surface area (Å²) >= 11 is 0. The number of rotatable bonds is 7. The molecule has 1 heterocycles. The van der Waals surface area contributed by atoms with E-state index in [2.05, 4.69) is 10.5 Å². The molecule has 0 aliphatic heterocycles. The molecule has 0 atom stereocenters. The van der Waals surface area contributed by atoms with E-state index in [-0.39, 0.29) is 18.1 Å². The lowest BCUT2D eigenvalue weighted by molar-refractivity contribution is -0.123. The van der Waals surface area contributed by atoms with Gasteiger partial charge >= 0.3 is 5.97 Å². The monoisotopic (exact) mass is 413 g/mol. The van der Waals surface area contributed by atoms with E-state index in [0.29, 0.717) is 5.75 Å². The van der Waals surface area contributed by atoms with E-state index < -0.39 is 5.97 Å². The van der Waals surface area contributed by atoms with Gasteiger partial charge in [-0.1, -0.05) is 36.4 Å². The lowest BCUT2D eigenvalue weighted by Crippen LogP contribution is -2.24. The summed E-state index contributed by atoms with van der Waals surface area (Å²) in [6.45, 7) is -0.164. The fourth-order valence-electron chi connectivity index (χ4n) is 3.17. The summed E-state index contributed by atoms with van der Waals surface area (Å²) in [5.74, 6) is -0.724. The number of carbonyl (C=O) groups excluding carboxylic acids is 1. The molecular formula is C24H19N3O4. The van der Waals surface area contributed by atoms with Gasteiger partial charge in [0, 0.05) is 17.3 Å². The number of aromatic nitrogens is 1. The minimum absolute atomic E-state index is 0.164. The molecule has 31 heavy (non-hydrogen) atoms. The van der Waals surface area contributed by atoms with Crippen molar-refractivity contribution in [3.8, 4) is 11.4 Å². The predicted octanol–water partition coefficient (Wildman–Crippen LogP) is 3.86. The van der Waals surface area contributed by atoms with Crippen LogP contribution < -0.4 is 10.2 Å². The Labute approximate surface area is 178 Å². The van der Waals surface area contributed by atoms with Crippen molar-refractivity contribution in [1.29, 1.82) is 0 Å². The van der Waals surface area contributed by atoms with Crippen LogP contribution in [0.2, 0.25) is 0 Å². The van der Waals surface area contributed by atoms with Gasteiger partial charge < -0.3 is 14.4 Å². The van der Waals surface area contributed by atoms with E-state index in [1.165, 1.54) is 18.3 Å². The van der Waals surface area contributed by atoms with Gasteiger partial charge in [0.1, 0.15) is 5.75 Å². The minimum Gasteiger partial charge on any atom is -0.483 e. The van der Waals surface area contributed by atoms with E-state index in [0.717, 1.165) is 22.2 Å². The number of carboxylic acids is 1. The van der Waals surface area contributed by atoms with Crippen molar-refractivity contribution in [1.82, 2.24) is 9.99 Å². The number of nitrogens with one attached hydrogen (secondary N) is 1. The molecule has 0 spiro atoms. The van der Waals surface area contributed by atoms with Gasteiger partial charge in [0.05, 0.1) is 17.5 Å². The number of hydrogen-bond acceptors (Lipinski definition) is 4. The Balaban J connectivity index is 1.37. The van der Waals surface area contributed by atoms with E-state index in [9.17, 15) is 9.59 Å². The van der Waals surface area contributed by atoms with Crippen LogP contribution in [0.15, 0.2) is 90.2 Å². The molecule has 7 heteroatoms. The third kappa shape index (κ3) is 4.62. The third-order valence-corrected chi connectivity index (χ3v) is 4.67. The number of hydrazone groups is 1. The van der Waals surface area contributed by atoms with Crippen LogP contribution >= 0.6 is 0 Å². The van der Waals surface area contributed by atoms with Crippen LogP contribution in [-0.2, 0) is 4.79 Å². The molecule has 0 aliphatic rings. The minimum atomic E-state index is -0.978. The molecule has 2 N–H and O–H groups in total. The third-order valence-electron chi connectivity index (χ3n) is 4.67. The van der Waals surface area contributed by atoms with Crippen molar-refractivity contribution >= 4 is 28.9 Å². The molecule has 0 radical (unpaired) electrons. The molecule has 0 saturated heterocycles. The molecule has 0 aliphatic carbocycles. The number of aromatic carboxylic acids is 1. The van der Waals surface area contributed by atoms with Crippen LogP contribution in [-0.4, -0.2) is 34.4 Å². The van der Waals surface area contributed by atoms with E-state index in [4.69, 9.17) is 9.84 Å². The van der Waals surface area contributed by atoms with Crippen molar-refractivity contribution in [2.24, 2.45) is 5.10 Å². The standard InChI is InChI=1S/C24H19N3O4/c28-23(16-31-22-9-3-6-17-5-1-2-8-21(17)22)26-25-15-20-7-4-14-27(20)19-12-10-18(11-13-19)24(29)30/h1-15H,16H2,(H,26,28)(H,29,30)/b25-15-. The smallest absolute Gasteiger partial charge is 0.335 e. The highest BCUT2D eigenvalue weighted by Crippen LogP contribution is 2.24. The molecule has 0 saturated carbocycles. The Bertz CT molecular complexity index is 1250. The molecule has 7 nitrogen and oxygen atoms in total. The first-order valence-electron chi connectivity index (χ1n) is 9.55. The zero-order chi connectivity index (χ0) is 21.6. The molecule has 4 rings (SSSR count). The Morgan fingerprint density at radius 2 is 1.74 bits per heavy atom. The molecular weight excluding hydrogens is 394 g/mol. The normalized spacial score (nSPS) is 11.0. The second-order valence-electron chi connectivity index (χ2n) is 6.71. The first-order valence-corrected chi connectivity index (χ1v) is 9.55. The van der Waals surface area contributed by atoms with E-state index in [1.807, 2.05) is 65.4 Å². The lowest BCUT2D eigenvalue weighted by atomic mass is 10.1. The van der Waals surface area contributed by atoms with Crippen molar-refractivity contribution in [2.45, 2.75) is 0 Å². The van der Waals surface area contributed by atoms with Crippen molar-refractivity contribution in [2.75, 3.05) is 6.61 Å². The largest absolute Gasteiger partial charge is 0.483 e. The van der Waals surface area contributed by atoms with Gasteiger partial charge in [0.15, 0.2) is 6.61 Å². The highest BCUT2D eigenvalue weighted by Gasteiger charge is 2.07. The van der Waals surface area contributed by atoms with E-state index >= 15 is 0 Å². The Kier molecular flexibility index (Phi) is 5.75. The molecule has 1 aromatic heterocycles. The van der Waals surface area contributed by atoms with Gasteiger partial charge in [0.2, 0.25) is 0 Å². The average molecular weight is 413 g/mol. The van der Waals surface area contributed by atoms with Crippen LogP contribution in [0, 0.1) is 0 Å². The average Bonchev–Trinajstić information content (AvgIpc) is 3.26. The maximum absolute atomic E-state index is 12.1. The van der Waals surface area contributed by atoms with Crippen LogP contribution in [0.4, 0.5) is 0 Å². The zero-order valence-electron chi connectivity index (χ0n) is 16.4. The van der Waals surface area contributed by atoms with Crippen LogP contribution in [0.5, 0.6) is 5.75 Å². The fourth-order valence-corrected chi connectivity index (χ4v) is 3.17. The summed E-state index contributed by atoms with van der Waals surface area (Å²) < 4.78 is 7.48. The number of carbonyl (C=O) groups is 2. The van der Waals surface area contributed by atoms with Gasteiger partial charge in [-0.25, -0.2) is 10.2 Å². The lowest BCUT2D eigenvalue weighted by Gasteiger charge is -2.08. The Hall–Kier alpha value is -4.39. The second kappa shape index (κ2) is 8.96. The topological polar surface area (TPSA) is 92.9 Å². The summed E-state index contributed by atoms with van der Waals surface area (Å²) in [7, 11) is 0. The highest BCUT2D eigenvalue weighted by molar-refractivity contribution is 5.89. The van der Waals surface area contributed by atoms with Crippen LogP contribution in [0.1, 0.15) is 16.1 Å². The molecule has 3 aromatic carbocycles. The Morgan fingerprint density at radius 3 is 2.55 bits per heavy atom. The summed E-state index contributed by atoms with van der Waals surface area (Å²) in [4.78, 5) is 23.1. The predicted molar refractivity (Wildman–Crippen MR) is 118 cm³/mol.